The van der Waals surface area contributed by atoms with Gasteiger partial charge in [-0.05, 0) is 11.8 Å². The molecule has 2 N–H and O–H groups in total. The molecule has 1 aromatic carbocycles. The van der Waals surface area contributed by atoms with Crippen LogP contribution in [0.2, 0.25) is 0 Å². The number of aromatic nitrogens is 2. The molecule has 0 bridgehead atoms. The van der Waals surface area contributed by atoms with Crippen LogP contribution in [0, 0.1) is 12.1 Å². The molecule has 0 fully saturated rings. The molecule has 5 heteroatoms. The van der Waals surface area contributed by atoms with Crippen LogP contribution in [0.15, 0.2) is 28.9 Å². The van der Waals surface area contributed by atoms with Crippen LogP contribution in [0.4, 0.5) is 5.82 Å². The first-order chi connectivity index (χ1) is 6.68. The van der Waals surface area contributed by atoms with Gasteiger partial charge in [0, 0.05) is 5.56 Å². The van der Waals surface area contributed by atoms with Gasteiger partial charge in [-0.1, -0.05) is 29.8 Å². The second-order valence-corrected chi connectivity index (χ2v) is 3.03. The molecule has 72 valence electrons. The molecule has 0 aliphatic heterocycles. The Balaban J connectivity index is 2.54. The lowest BCUT2D eigenvalue weighted by molar-refractivity contribution is -0.793. The van der Waals surface area contributed by atoms with E-state index >= 15 is 0 Å². The zero-order chi connectivity index (χ0) is 10.1. The summed E-state index contributed by atoms with van der Waals surface area (Å²) in [5, 5.41) is 14.5. The maximum atomic E-state index is 11.1. The third kappa shape index (κ3) is 1.28. The standard InChI is InChI=1S/C9H9N3O2/c1-6-2-4-7(5-3-6)8-9(10)11-14-12(8)13/h2-5H,1H3,(H2,10,11). The number of hydrogen-bond donors (Lipinski definition) is 1. The molecule has 2 aromatic rings. The fourth-order valence-corrected chi connectivity index (χ4v) is 1.22. The Hall–Kier alpha value is -2.04. The van der Waals surface area contributed by atoms with Gasteiger partial charge in [-0.15, -0.1) is 0 Å². The van der Waals surface area contributed by atoms with Crippen molar-refractivity contribution in [3.8, 4) is 11.3 Å². The molecular weight excluding hydrogens is 182 g/mol. The Labute approximate surface area is 80.3 Å². The molecule has 0 radical (unpaired) electrons. The number of aryl methyl sites for hydroxylation is 1. The summed E-state index contributed by atoms with van der Waals surface area (Å²) in [6.07, 6.45) is 0. The summed E-state index contributed by atoms with van der Waals surface area (Å²) in [7, 11) is 0. The van der Waals surface area contributed by atoms with Crippen molar-refractivity contribution < 1.29 is 9.53 Å². The van der Waals surface area contributed by atoms with E-state index < -0.39 is 0 Å². The minimum atomic E-state index is 0.101. The summed E-state index contributed by atoms with van der Waals surface area (Å²) < 4.78 is 4.37. The Morgan fingerprint density at radius 1 is 1.36 bits per heavy atom. The van der Waals surface area contributed by atoms with Gasteiger partial charge in [0.1, 0.15) is 0 Å². The van der Waals surface area contributed by atoms with E-state index in [0.717, 1.165) is 5.56 Å². The Morgan fingerprint density at radius 3 is 2.50 bits per heavy atom. The highest BCUT2D eigenvalue weighted by Gasteiger charge is 2.17. The largest absolute Gasteiger partial charge is 0.359 e. The quantitative estimate of drug-likeness (QED) is 0.678. The zero-order valence-electron chi connectivity index (χ0n) is 7.60. The van der Waals surface area contributed by atoms with Crippen LogP contribution in [0.5, 0.6) is 0 Å². The highest BCUT2D eigenvalue weighted by atomic mass is 16.8. The van der Waals surface area contributed by atoms with E-state index in [9.17, 15) is 5.21 Å². The van der Waals surface area contributed by atoms with Gasteiger partial charge in [-0.3, -0.25) is 4.63 Å². The van der Waals surface area contributed by atoms with Crippen LogP contribution in [0.1, 0.15) is 5.56 Å². The fourth-order valence-electron chi connectivity index (χ4n) is 1.22. The van der Waals surface area contributed by atoms with E-state index in [1.54, 1.807) is 12.1 Å². The van der Waals surface area contributed by atoms with Gasteiger partial charge in [0.25, 0.3) is 0 Å². The molecular formula is C9H9N3O2. The average molecular weight is 191 g/mol. The van der Waals surface area contributed by atoms with Crippen molar-refractivity contribution in [1.29, 1.82) is 0 Å². The van der Waals surface area contributed by atoms with Crippen molar-refractivity contribution >= 4 is 5.82 Å². The number of anilines is 1. The lowest BCUT2D eigenvalue weighted by Crippen LogP contribution is -2.25. The summed E-state index contributed by atoms with van der Waals surface area (Å²) in [5.41, 5.74) is 7.55. The molecule has 0 aliphatic rings. The fraction of sp³-hybridized carbons (Fsp3) is 0.111. The summed E-state index contributed by atoms with van der Waals surface area (Å²) in [5.74, 6) is 0.101. The summed E-state index contributed by atoms with van der Waals surface area (Å²) in [6.45, 7) is 1.96. The molecule has 14 heavy (non-hydrogen) atoms. The Morgan fingerprint density at radius 2 is 2.00 bits per heavy atom. The molecule has 0 atom stereocenters. The third-order valence-corrected chi connectivity index (χ3v) is 1.96. The molecule has 0 saturated carbocycles. The second-order valence-electron chi connectivity index (χ2n) is 3.03. The number of nitrogen functional groups attached to an aromatic ring is 1. The first-order valence-corrected chi connectivity index (χ1v) is 4.10. The van der Waals surface area contributed by atoms with Gasteiger partial charge in [0.2, 0.25) is 5.69 Å². The predicted octanol–water partition coefficient (Wildman–Crippen LogP) is 0.866. The third-order valence-electron chi connectivity index (χ3n) is 1.96. The zero-order valence-corrected chi connectivity index (χ0v) is 7.60. The molecule has 0 amide bonds. The van der Waals surface area contributed by atoms with E-state index in [0.29, 0.717) is 10.5 Å². The normalized spacial score (nSPS) is 10.4. The molecule has 1 heterocycles. The van der Waals surface area contributed by atoms with Crippen LogP contribution >= 0.6 is 0 Å². The van der Waals surface area contributed by atoms with Gasteiger partial charge in [-0.25, -0.2) is 0 Å². The van der Waals surface area contributed by atoms with Gasteiger partial charge >= 0.3 is 5.82 Å². The number of nitrogens with zero attached hydrogens (tertiary/aromatic N) is 2. The number of benzene rings is 1. The van der Waals surface area contributed by atoms with Crippen LogP contribution in [0.3, 0.4) is 0 Å². The van der Waals surface area contributed by atoms with E-state index in [2.05, 4.69) is 9.79 Å². The summed E-state index contributed by atoms with van der Waals surface area (Å²) >= 11 is 0. The van der Waals surface area contributed by atoms with Crippen LogP contribution in [-0.2, 0) is 0 Å². The smallest absolute Gasteiger partial charge is 0.313 e. The van der Waals surface area contributed by atoms with Crippen molar-refractivity contribution in [2.24, 2.45) is 0 Å². The van der Waals surface area contributed by atoms with E-state index in [4.69, 9.17) is 5.73 Å². The number of nitrogens with two attached hydrogens (primary N) is 1. The van der Waals surface area contributed by atoms with Crippen molar-refractivity contribution in [2.75, 3.05) is 5.73 Å². The van der Waals surface area contributed by atoms with Gasteiger partial charge in [-0.2, -0.15) is 0 Å². The maximum absolute atomic E-state index is 11.1. The predicted molar refractivity (Wildman–Crippen MR) is 50.0 cm³/mol. The lowest BCUT2D eigenvalue weighted by atomic mass is 10.1. The van der Waals surface area contributed by atoms with E-state index in [1.807, 2.05) is 19.1 Å². The minimum Gasteiger partial charge on any atom is -0.359 e. The van der Waals surface area contributed by atoms with Crippen molar-refractivity contribution in [3.05, 3.63) is 35.0 Å². The molecule has 0 unspecified atom stereocenters. The average Bonchev–Trinajstić information content (AvgIpc) is 2.49. The highest BCUT2D eigenvalue weighted by molar-refractivity contribution is 5.66. The number of rotatable bonds is 1. The maximum Gasteiger partial charge on any atom is 0.313 e. The van der Waals surface area contributed by atoms with Gasteiger partial charge < -0.3 is 10.9 Å². The van der Waals surface area contributed by atoms with E-state index in [-0.39, 0.29) is 11.5 Å². The van der Waals surface area contributed by atoms with E-state index in [1.165, 1.54) is 0 Å². The van der Waals surface area contributed by atoms with Crippen molar-refractivity contribution in [3.63, 3.8) is 0 Å². The highest BCUT2D eigenvalue weighted by Crippen LogP contribution is 2.20. The van der Waals surface area contributed by atoms with Crippen LogP contribution in [0.25, 0.3) is 11.3 Å². The summed E-state index contributed by atoms with van der Waals surface area (Å²) in [4.78, 5) is 0.306. The molecule has 0 saturated heterocycles. The lowest BCUT2D eigenvalue weighted by Gasteiger charge is -1.97. The monoisotopic (exact) mass is 191 g/mol. The Kier molecular flexibility index (Phi) is 1.85. The van der Waals surface area contributed by atoms with Crippen LogP contribution < -0.4 is 10.6 Å². The first kappa shape index (κ1) is 8.55. The molecule has 5 nitrogen and oxygen atoms in total. The molecule has 1 aromatic heterocycles. The Bertz CT molecular complexity index is 428. The first-order valence-electron chi connectivity index (χ1n) is 4.10. The number of hydrogen-bond acceptors (Lipinski definition) is 4. The van der Waals surface area contributed by atoms with Gasteiger partial charge in [0.15, 0.2) is 0 Å². The SMILES string of the molecule is Cc1ccc(-c2c(N)no[n+]2[O-])cc1. The second kappa shape index (κ2) is 3.02. The van der Waals surface area contributed by atoms with Crippen LogP contribution in [-0.4, -0.2) is 5.16 Å². The van der Waals surface area contributed by atoms with Crippen molar-refractivity contribution in [2.45, 2.75) is 6.92 Å². The molecule has 0 spiro atoms. The topological polar surface area (TPSA) is 79.0 Å². The minimum absolute atomic E-state index is 0.101. The molecule has 2 rings (SSSR count). The summed E-state index contributed by atoms with van der Waals surface area (Å²) in [6, 6.07) is 7.38. The molecule has 0 aliphatic carbocycles. The van der Waals surface area contributed by atoms with Gasteiger partial charge in [0.05, 0.1) is 5.16 Å². The van der Waals surface area contributed by atoms with Crippen molar-refractivity contribution in [1.82, 2.24) is 5.16 Å².